The Hall–Kier alpha value is -3.59. The van der Waals surface area contributed by atoms with Crippen LogP contribution < -0.4 is 20.1 Å². The number of carbonyl (C=O) groups is 3. The summed E-state index contributed by atoms with van der Waals surface area (Å²) >= 11 is 0. The minimum absolute atomic E-state index is 0.00782. The van der Waals surface area contributed by atoms with E-state index in [1.807, 2.05) is 30.3 Å². The Kier molecular flexibility index (Phi) is 5.80. The maximum atomic E-state index is 12.9. The highest BCUT2D eigenvalue weighted by Gasteiger charge is 2.32. The lowest BCUT2D eigenvalue weighted by atomic mass is 10.1. The average Bonchev–Trinajstić information content (AvgIpc) is 3.44. The molecule has 4 rings (SSSR count). The zero-order valence-electron chi connectivity index (χ0n) is 16.1. The number of fused-ring (bicyclic) bond motifs is 1. The van der Waals surface area contributed by atoms with Gasteiger partial charge in [0.2, 0.25) is 6.79 Å². The van der Waals surface area contributed by atoms with Gasteiger partial charge in [-0.2, -0.15) is 0 Å². The summed E-state index contributed by atoms with van der Waals surface area (Å²) < 4.78 is 16.1. The predicted molar refractivity (Wildman–Crippen MR) is 105 cm³/mol. The summed E-state index contributed by atoms with van der Waals surface area (Å²) in [5.41, 5.74) is 1.32. The topological polar surface area (TPSA) is 106 Å². The standard InChI is InChI=1S/C21H21N3O6/c25-19(22-11-14-4-2-1-3-5-14)20(26)23-12-18-24(8-9-28-18)21(27)15-6-7-16-17(10-15)30-13-29-16/h1-7,10,18H,8-9,11-13H2,(H,22,25)(H,23,26). The first kappa shape index (κ1) is 19.7. The molecule has 156 valence electrons. The summed E-state index contributed by atoms with van der Waals surface area (Å²) in [7, 11) is 0. The number of benzene rings is 2. The Bertz CT molecular complexity index is 949. The van der Waals surface area contributed by atoms with Crippen LogP contribution in [0, 0.1) is 0 Å². The molecule has 0 spiro atoms. The molecule has 2 aromatic rings. The first-order chi connectivity index (χ1) is 14.6. The molecule has 1 unspecified atom stereocenters. The van der Waals surface area contributed by atoms with Gasteiger partial charge in [0, 0.05) is 18.7 Å². The first-order valence-corrected chi connectivity index (χ1v) is 9.54. The monoisotopic (exact) mass is 411 g/mol. The van der Waals surface area contributed by atoms with E-state index in [9.17, 15) is 14.4 Å². The smallest absolute Gasteiger partial charge is 0.309 e. The quantitative estimate of drug-likeness (QED) is 0.700. The Labute approximate surface area is 172 Å². The number of carbonyl (C=O) groups excluding carboxylic acids is 3. The van der Waals surface area contributed by atoms with E-state index in [2.05, 4.69) is 10.6 Å². The van der Waals surface area contributed by atoms with E-state index in [-0.39, 0.29) is 25.8 Å². The summed E-state index contributed by atoms with van der Waals surface area (Å²) in [6, 6.07) is 14.2. The van der Waals surface area contributed by atoms with E-state index in [0.29, 0.717) is 30.2 Å². The minimum atomic E-state index is -0.781. The fraction of sp³-hybridized carbons (Fsp3) is 0.286. The molecule has 2 N–H and O–H groups in total. The third-order valence-electron chi connectivity index (χ3n) is 4.81. The SMILES string of the molecule is O=C(NCc1ccccc1)C(=O)NCC1OCCN1C(=O)c1ccc2c(c1)OCO2. The van der Waals surface area contributed by atoms with E-state index in [0.717, 1.165) is 5.56 Å². The van der Waals surface area contributed by atoms with Crippen LogP contribution in [-0.4, -0.2) is 55.3 Å². The second kappa shape index (κ2) is 8.83. The van der Waals surface area contributed by atoms with Crippen molar-refractivity contribution in [2.75, 3.05) is 26.5 Å². The Balaban J connectivity index is 1.30. The second-order valence-electron chi connectivity index (χ2n) is 6.77. The molecule has 2 heterocycles. The van der Waals surface area contributed by atoms with Crippen LogP contribution in [0.25, 0.3) is 0 Å². The lowest BCUT2D eigenvalue weighted by molar-refractivity contribution is -0.139. The van der Waals surface area contributed by atoms with Crippen molar-refractivity contribution < 1.29 is 28.6 Å². The van der Waals surface area contributed by atoms with Gasteiger partial charge in [-0.3, -0.25) is 14.4 Å². The average molecular weight is 411 g/mol. The van der Waals surface area contributed by atoms with Gasteiger partial charge < -0.3 is 29.7 Å². The Morgan fingerprint density at radius 3 is 2.57 bits per heavy atom. The zero-order valence-corrected chi connectivity index (χ0v) is 16.1. The van der Waals surface area contributed by atoms with Crippen molar-refractivity contribution >= 4 is 17.7 Å². The number of nitrogens with one attached hydrogen (secondary N) is 2. The fourth-order valence-corrected chi connectivity index (χ4v) is 3.24. The molecule has 0 aliphatic carbocycles. The van der Waals surface area contributed by atoms with Crippen LogP contribution in [0.15, 0.2) is 48.5 Å². The van der Waals surface area contributed by atoms with Crippen LogP contribution in [0.1, 0.15) is 15.9 Å². The maximum absolute atomic E-state index is 12.9. The van der Waals surface area contributed by atoms with Crippen molar-refractivity contribution in [2.24, 2.45) is 0 Å². The van der Waals surface area contributed by atoms with Crippen molar-refractivity contribution in [1.29, 1.82) is 0 Å². The highest BCUT2D eigenvalue weighted by atomic mass is 16.7. The number of nitrogens with zero attached hydrogens (tertiary/aromatic N) is 1. The van der Waals surface area contributed by atoms with Gasteiger partial charge in [0.1, 0.15) is 6.23 Å². The van der Waals surface area contributed by atoms with Crippen LogP contribution in [0.3, 0.4) is 0 Å². The molecule has 2 aliphatic heterocycles. The van der Waals surface area contributed by atoms with E-state index in [1.54, 1.807) is 18.2 Å². The molecule has 1 fully saturated rings. The molecule has 0 saturated carbocycles. The summed E-state index contributed by atoms with van der Waals surface area (Å²) in [6.45, 7) is 1.11. The molecule has 30 heavy (non-hydrogen) atoms. The van der Waals surface area contributed by atoms with Crippen molar-refractivity contribution in [2.45, 2.75) is 12.8 Å². The van der Waals surface area contributed by atoms with Crippen LogP contribution >= 0.6 is 0 Å². The van der Waals surface area contributed by atoms with Crippen LogP contribution in [0.4, 0.5) is 0 Å². The normalized spacial score (nSPS) is 16.9. The molecule has 1 saturated heterocycles. The van der Waals surface area contributed by atoms with Gasteiger partial charge in [-0.25, -0.2) is 0 Å². The number of hydrogen-bond donors (Lipinski definition) is 2. The third-order valence-corrected chi connectivity index (χ3v) is 4.81. The Morgan fingerprint density at radius 2 is 1.73 bits per heavy atom. The van der Waals surface area contributed by atoms with Gasteiger partial charge in [-0.05, 0) is 23.8 Å². The molecule has 2 aromatic carbocycles. The zero-order chi connectivity index (χ0) is 20.9. The molecular formula is C21H21N3O6. The van der Waals surface area contributed by atoms with Gasteiger partial charge in [0.05, 0.1) is 13.2 Å². The summed E-state index contributed by atoms with van der Waals surface area (Å²) in [4.78, 5) is 38.4. The number of amides is 3. The predicted octanol–water partition coefficient (Wildman–Crippen LogP) is 0.646. The molecule has 9 heteroatoms. The molecule has 3 amide bonds. The molecule has 0 aromatic heterocycles. The van der Waals surface area contributed by atoms with Gasteiger partial charge in [-0.1, -0.05) is 30.3 Å². The lowest BCUT2D eigenvalue weighted by Gasteiger charge is -2.23. The van der Waals surface area contributed by atoms with Crippen LogP contribution in [0.2, 0.25) is 0 Å². The number of rotatable bonds is 5. The van der Waals surface area contributed by atoms with Gasteiger partial charge >= 0.3 is 11.8 Å². The van der Waals surface area contributed by atoms with Crippen LogP contribution in [0.5, 0.6) is 11.5 Å². The van der Waals surface area contributed by atoms with Crippen molar-refractivity contribution in [3.8, 4) is 11.5 Å². The fourth-order valence-electron chi connectivity index (χ4n) is 3.24. The molecule has 0 bridgehead atoms. The third kappa shape index (κ3) is 4.36. The highest BCUT2D eigenvalue weighted by Crippen LogP contribution is 2.33. The van der Waals surface area contributed by atoms with Crippen molar-refractivity contribution in [3.63, 3.8) is 0 Å². The minimum Gasteiger partial charge on any atom is -0.454 e. The van der Waals surface area contributed by atoms with Crippen LogP contribution in [-0.2, 0) is 20.9 Å². The first-order valence-electron chi connectivity index (χ1n) is 9.54. The summed E-state index contributed by atoms with van der Waals surface area (Å²) in [5, 5.41) is 5.08. The lowest BCUT2D eigenvalue weighted by Crippen LogP contribution is -2.47. The summed E-state index contributed by atoms with van der Waals surface area (Å²) in [5.74, 6) is -0.670. The molecule has 1 atom stereocenters. The van der Waals surface area contributed by atoms with Gasteiger partial charge in [0.15, 0.2) is 11.5 Å². The Morgan fingerprint density at radius 1 is 0.967 bits per heavy atom. The molecule has 2 aliphatic rings. The van der Waals surface area contributed by atoms with Crippen molar-refractivity contribution in [3.05, 3.63) is 59.7 Å². The van der Waals surface area contributed by atoms with Crippen molar-refractivity contribution in [1.82, 2.24) is 15.5 Å². The largest absolute Gasteiger partial charge is 0.454 e. The van der Waals surface area contributed by atoms with Gasteiger partial charge in [-0.15, -0.1) is 0 Å². The van der Waals surface area contributed by atoms with E-state index in [1.165, 1.54) is 4.90 Å². The maximum Gasteiger partial charge on any atom is 0.309 e. The molecule has 0 radical (unpaired) electrons. The number of ether oxygens (including phenoxy) is 3. The molecule has 9 nitrogen and oxygen atoms in total. The van der Waals surface area contributed by atoms with E-state index >= 15 is 0 Å². The van der Waals surface area contributed by atoms with E-state index < -0.39 is 18.0 Å². The van der Waals surface area contributed by atoms with E-state index in [4.69, 9.17) is 14.2 Å². The molecular weight excluding hydrogens is 390 g/mol. The second-order valence-corrected chi connectivity index (χ2v) is 6.77. The summed E-state index contributed by atoms with van der Waals surface area (Å²) in [6.07, 6.45) is -0.659. The number of hydrogen-bond acceptors (Lipinski definition) is 6. The van der Waals surface area contributed by atoms with Gasteiger partial charge in [0.25, 0.3) is 5.91 Å². The highest BCUT2D eigenvalue weighted by molar-refractivity contribution is 6.35.